The SMILES string of the molecule is C.CC(C)c1cc(Br)cc(B2OC(C)(C)C(C)(C)O2)c1.COC(=O)c1[nH]nc2ncccc12.COC(=O)c1nn(-c2cc(Br)cc(C(C)C)c2)c2ncccc12. The fourth-order valence-corrected chi connectivity index (χ4v) is 6.65. The summed E-state index contributed by atoms with van der Waals surface area (Å²) in [5.74, 6) is -0.0453. The van der Waals surface area contributed by atoms with E-state index in [0.29, 0.717) is 39.6 Å². The second-order valence-corrected chi connectivity index (χ2v) is 16.4. The van der Waals surface area contributed by atoms with Crippen molar-refractivity contribution in [2.75, 3.05) is 14.2 Å². The van der Waals surface area contributed by atoms with E-state index in [0.717, 1.165) is 20.1 Å². The van der Waals surface area contributed by atoms with Crippen LogP contribution in [0.1, 0.15) is 107 Å². The van der Waals surface area contributed by atoms with Gasteiger partial charge in [-0.3, -0.25) is 5.10 Å². The maximum atomic E-state index is 12.0. The Kier molecular flexibility index (Phi) is 14.4. The van der Waals surface area contributed by atoms with Gasteiger partial charge < -0.3 is 18.8 Å². The number of rotatable bonds is 6. The molecule has 6 aromatic rings. The Hall–Kier alpha value is -4.44. The van der Waals surface area contributed by atoms with E-state index in [1.807, 2.05) is 12.1 Å². The number of pyridine rings is 2. The Morgan fingerprint density at radius 1 is 0.786 bits per heavy atom. The molecule has 1 saturated heterocycles. The van der Waals surface area contributed by atoms with E-state index in [4.69, 9.17) is 14.0 Å². The summed E-state index contributed by atoms with van der Waals surface area (Å²) < 4.78 is 25.3. The van der Waals surface area contributed by atoms with Crippen molar-refractivity contribution in [3.8, 4) is 5.69 Å². The molecule has 296 valence electrons. The van der Waals surface area contributed by atoms with E-state index < -0.39 is 11.9 Å². The lowest BCUT2D eigenvalue weighted by molar-refractivity contribution is 0.00578. The average Bonchev–Trinajstić information content (AvgIpc) is 3.82. The topological polar surface area (TPSA) is 143 Å². The Balaban J connectivity index is 0.000000192. The first kappa shape index (κ1) is 44.3. The lowest BCUT2D eigenvalue weighted by atomic mass is 9.77. The standard InChI is InChI=1S/C17H16BrN3O2.C15H22BBrO2.C8H7N3O2.CH4/c1-10(2)11-7-12(18)9-13(8-11)21-16-14(5-4-6-19-16)15(20-21)17(22)23-3;1-10(2)11-7-12(9-13(17)8-11)16-18-14(3,4)15(5,6)19-16;1-13-8(12)6-5-3-2-4-9-7(5)11-10-6;/h4-10H,1-3H3;7-10H,1-6H3;2-4H,1H3,(H,9,10,11);1H4. The average molecular weight is 892 g/mol. The van der Waals surface area contributed by atoms with E-state index in [9.17, 15) is 9.59 Å². The molecule has 0 aliphatic carbocycles. The summed E-state index contributed by atoms with van der Waals surface area (Å²) in [6.45, 7) is 17.0. The van der Waals surface area contributed by atoms with Gasteiger partial charge in [0.2, 0.25) is 0 Å². The highest BCUT2D eigenvalue weighted by molar-refractivity contribution is 9.10. The summed E-state index contributed by atoms with van der Waals surface area (Å²) in [6.07, 6.45) is 3.30. The Bertz CT molecular complexity index is 2310. The molecule has 0 unspecified atom stereocenters. The third-order valence-electron chi connectivity index (χ3n) is 9.49. The second-order valence-electron chi connectivity index (χ2n) is 14.5. The van der Waals surface area contributed by atoms with Crippen LogP contribution in [0.5, 0.6) is 0 Å². The number of esters is 2. The van der Waals surface area contributed by atoms with Gasteiger partial charge in [-0.2, -0.15) is 10.2 Å². The predicted octanol–water partition coefficient (Wildman–Crippen LogP) is 9.35. The van der Waals surface area contributed by atoms with Gasteiger partial charge in [0.1, 0.15) is 0 Å². The van der Waals surface area contributed by atoms with Gasteiger partial charge in [0.05, 0.1) is 41.9 Å². The van der Waals surface area contributed by atoms with Crippen LogP contribution in [0.3, 0.4) is 0 Å². The molecule has 1 fully saturated rings. The molecular weight excluding hydrogens is 843 g/mol. The molecule has 0 saturated carbocycles. The van der Waals surface area contributed by atoms with Crippen LogP contribution < -0.4 is 5.46 Å². The molecule has 4 aromatic heterocycles. The highest BCUT2D eigenvalue weighted by atomic mass is 79.9. The van der Waals surface area contributed by atoms with Crippen LogP contribution in [0.25, 0.3) is 27.8 Å². The number of nitrogens with zero attached hydrogens (tertiary/aromatic N) is 5. The number of carbonyl (C=O) groups excluding carboxylic acids is 2. The van der Waals surface area contributed by atoms with Crippen molar-refractivity contribution in [3.05, 3.63) is 105 Å². The number of aromatic nitrogens is 6. The molecule has 0 atom stereocenters. The number of ether oxygens (including phenoxy) is 2. The number of aromatic amines is 1. The number of benzene rings is 2. The molecule has 1 aliphatic heterocycles. The van der Waals surface area contributed by atoms with Crippen molar-refractivity contribution in [1.82, 2.24) is 29.9 Å². The summed E-state index contributed by atoms with van der Waals surface area (Å²) in [5.41, 5.74) is 5.55. The fraction of sp³-hybridized carbons (Fsp3) is 0.366. The maximum absolute atomic E-state index is 12.0. The van der Waals surface area contributed by atoms with Gasteiger partial charge in [-0.05, 0) is 111 Å². The van der Waals surface area contributed by atoms with E-state index in [-0.39, 0.29) is 31.4 Å². The van der Waals surface area contributed by atoms with Gasteiger partial charge in [-0.25, -0.2) is 24.2 Å². The largest absolute Gasteiger partial charge is 0.494 e. The molecule has 56 heavy (non-hydrogen) atoms. The number of hydrogen-bond donors (Lipinski definition) is 1. The third-order valence-corrected chi connectivity index (χ3v) is 10.4. The first-order valence-electron chi connectivity index (χ1n) is 17.7. The lowest BCUT2D eigenvalue weighted by Gasteiger charge is -2.32. The number of halogens is 2. The van der Waals surface area contributed by atoms with Gasteiger partial charge in [-0.15, -0.1) is 0 Å². The summed E-state index contributed by atoms with van der Waals surface area (Å²) in [5, 5.41) is 12.2. The highest BCUT2D eigenvalue weighted by Gasteiger charge is 2.51. The van der Waals surface area contributed by atoms with Crippen LogP contribution in [0.15, 0.2) is 82.0 Å². The van der Waals surface area contributed by atoms with E-state index in [2.05, 4.69) is 148 Å². The van der Waals surface area contributed by atoms with Crippen molar-refractivity contribution < 1.29 is 28.4 Å². The van der Waals surface area contributed by atoms with E-state index >= 15 is 0 Å². The predicted molar refractivity (Wildman–Crippen MR) is 228 cm³/mol. The van der Waals surface area contributed by atoms with Crippen molar-refractivity contribution in [3.63, 3.8) is 0 Å². The van der Waals surface area contributed by atoms with Crippen LogP contribution in [0, 0.1) is 0 Å². The number of H-pyrrole nitrogens is 1. The second kappa shape index (κ2) is 18.2. The van der Waals surface area contributed by atoms with Gasteiger partial charge in [0.15, 0.2) is 22.7 Å². The molecule has 5 heterocycles. The van der Waals surface area contributed by atoms with Crippen LogP contribution >= 0.6 is 31.9 Å². The minimum absolute atomic E-state index is 0. The minimum atomic E-state index is -0.471. The number of nitrogens with one attached hydrogen (secondary N) is 1. The normalized spacial score (nSPS) is 14.1. The quantitative estimate of drug-likeness (QED) is 0.127. The number of carbonyl (C=O) groups is 2. The maximum Gasteiger partial charge on any atom is 0.494 e. The summed E-state index contributed by atoms with van der Waals surface area (Å²) in [4.78, 5) is 31.5. The molecule has 2 aromatic carbocycles. The third kappa shape index (κ3) is 9.74. The van der Waals surface area contributed by atoms with Crippen LogP contribution in [-0.4, -0.2) is 74.4 Å². The van der Waals surface area contributed by atoms with Gasteiger partial charge in [0.25, 0.3) is 0 Å². The van der Waals surface area contributed by atoms with E-state index in [1.54, 1.807) is 35.3 Å². The lowest BCUT2D eigenvalue weighted by Crippen LogP contribution is -2.41. The molecule has 1 N–H and O–H groups in total. The van der Waals surface area contributed by atoms with Gasteiger partial charge in [0, 0.05) is 21.3 Å². The number of fused-ring (bicyclic) bond motifs is 2. The number of methoxy groups -OCH3 is 2. The molecule has 0 spiro atoms. The zero-order valence-corrected chi connectivity index (χ0v) is 35.8. The molecule has 0 amide bonds. The zero-order valence-electron chi connectivity index (χ0n) is 32.6. The minimum Gasteiger partial charge on any atom is -0.464 e. The summed E-state index contributed by atoms with van der Waals surface area (Å²) in [6, 6.07) is 19.6. The number of hydrogen-bond acceptors (Lipinski definition) is 10. The molecule has 15 heteroatoms. The van der Waals surface area contributed by atoms with Crippen molar-refractivity contribution in [1.29, 1.82) is 0 Å². The summed E-state index contributed by atoms with van der Waals surface area (Å²) >= 11 is 7.11. The smallest absolute Gasteiger partial charge is 0.464 e. The first-order chi connectivity index (χ1) is 26.0. The molecular formula is C41H49BBr2N6O6. The first-order valence-corrected chi connectivity index (χ1v) is 19.3. The van der Waals surface area contributed by atoms with Crippen molar-refractivity contribution in [2.45, 2.75) is 85.9 Å². The zero-order chi connectivity index (χ0) is 40.2. The van der Waals surface area contributed by atoms with Gasteiger partial charge in [-0.1, -0.05) is 73.0 Å². The van der Waals surface area contributed by atoms with Crippen molar-refractivity contribution >= 4 is 78.4 Å². The monoisotopic (exact) mass is 890 g/mol. The van der Waals surface area contributed by atoms with Crippen LogP contribution in [0.4, 0.5) is 0 Å². The Labute approximate surface area is 345 Å². The molecule has 0 radical (unpaired) electrons. The molecule has 0 bridgehead atoms. The van der Waals surface area contributed by atoms with Gasteiger partial charge >= 0.3 is 19.1 Å². The molecule has 7 rings (SSSR count). The Morgan fingerprint density at radius 2 is 1.34 bits per heavy atom. The fourth-order valence-electron chi connectivity index (χ4n) is 5.62. The van der Waals surface area contributed by atoms with Crippen molar-refractivity contribution in [2.24, 2.45) is 0 Å². The van der Waals surface area contributed by atoms with Crippen LogP contribution in [0.2, 0.25) is 0 Å². The Morgan fingerprint density at radius 3 is 1.93 bits per heavy atom. The summed E-state index contributed by atoms with van der Waals surface area (Å²) in [7, 11) is 2.38. The van der Waals surface area contributed by atoms with Crippen LogP contribution in [-0.2, 0) is 18.8 Å². The highest BCUT2D eigenvalue weighted by Crippen LogP contribution is 2.37. The van der Waals surface area contributed by atoms with E-state index in [1.165, 1.54) is 25.3 Å². The molecule has 1 aliphatic rings. The molecule has 12 nitrogen and oxygen atoms in total.